The van der Waals surface area contributed by atoms with Gasteiger partial charge in [0.1, 0.15) is 4.90 Å². The van der Waals surface area contributed by atoms with E-state index < -0.39 is 21.8 Å². The smallest absolute Gasteiger partial charge is 0.371 e. The molecule has 2 rings (SSSR count). The summed E-state index contributed by atoms with van der Waals surface area (Å²) in [5.41, 5.74) is -0.322. The summed E-state index contributed by atoms with van der Waals surface area (Å²) in [5.74, 6) is -1.74. The molecule has 0 saturated heterocycles. The summed E-state index contributed by atoms with van der Waals surface area (Å²) in [6, 6.07) is 0.784. The summed E-state index contributed by atoms with van der Waals surface area (Å²) in [7, 11) is -3.84. The van der Waals surface area contributed by atoms with E-state index in [1.807, 2.05) is 27.7 Å². The number of rotatable bonds is 4. The maximum atomic E-state index is 12.3. The average molecular weight is 366 g/mol. The minimum absolute atomic E-state index is 0.112. The van der Waals surface area contributed by atoms with Crippen molar-refractivity contribution in [2.75, 3.05) is 0 Å². The number of halogens is 1. The van der Waals surface area contributed by atoms with Gasteiger partial charge in [0.05, 0.1) is 0 Å². The standard InChI is InChI=1S/C12H16BrNO5S/c1-11(2)10(12(11,3)4)14-20(17,18)7-5-6(9(15)16)19-8(7)13/h5,10,14H,1-4H3,(H,15,16). The van der Waals surface area contributed by atoms with Gasteiger partial charge in [-0.15, -0.1) is 0 Å². The molecule has 0 spiro atoms. The van der Waals surface area contributed by atoms with Crippen molar-refractivity contribution in [1.82, 2.24) is 4.72 Å². The molecule has 0 aromatic carbocycles. The number of nitrogens with one attached hydrogen (secondary N) is 1. The second kappa shape index (κ2) is 4.32. The fourth-order valence-corrected chi connectivity index (χ4v) is 4.82. The van der Waals surface area contributed by atoms with E-state index in [4.69, 9.17) is 9.52 Å². The van der Waals surface area contributed by atoms with E-state index in [0.29, 0.717) is 0 Å². The van der Waals surface area contributed by atoms with Crippen LogP contribution in [0.4, 0.5) is 0 Å². The molecule has 8 heteroatoms. The van der Waals surface area contributed by atoms with Gasteiger partial charge in [-0.05, 0) is 26.8 Å². The fourth-order valence-electron chi connectivity index (χ4n) is 2.35. The quantitative estimate of drug-likeness (QED) is 0.853. The number of carboxylic acid groups (broad SMARTS) is 1. The molecular weight excluding hydrogens is 350 g/mol. The van der Waals surface area contributed by atoms with Gasteiger partial charge in [0.15, 0.2) is 4.67 Å². The van der Waals surface area contributed by atoms with Crippen molar-refractivity contribution in [2.24, 2.45) is 10.8 Å². The molecule has 0 aliphatic heterocycles. The van der Waals surface area contributed by atoms with Crippen LogP contribution in [0.1, 0.15) is 38.2 Å². The zero-order valence-corrected chi connectivity index (χ0v) is 13.9. The SMILES string of the molecule is CC1(C)C(NS(=O)(=O)c2cc(C(=O)O)oc2Br)C1(C)C. The molecule has 0 amide bonds. The highest BCUT2D eigenvalue weighted by molar-refractivity contribution is 9.10. The molecule has 0 radical (unpaired) electrons. The lowest BCUT2D eigenvalue weighted by Crippen LogP contribution is -2.29. The molecule has 0 bridgehead atoms. The van der Waals surface area contributed by atoms with Crippen LogP contribution in [-0.2, 0) is 10.0 Å². The molecule has 1 aliphatic carbocycles. The maximum Gasteiger partial charge on any atom is 0.371 e. The number of hydrogen-bond donors (Lipinski definition) is 2. The van der Waals surface area contributed by atoms with E-state index in [2.05, 4.69) is 20.7 Å². The lowest BCUT2D eigenvalue weighted by Gasteiger charge is -2.06. The first kappa shape index (κ1) is 15.5. The average Bonchev–Trinajstić information content (AvgIpc) is 2.66. The minimum atomic E-state index is -3.84. The Morgan fingerprint density at radius 2 is 1.85 bits per heavy atom. The van der Waals surface area contributed by atoms with Gasteiger partial charge in [-0.1, -0.05) is 27.7 Å². The highest BCUT2D eigenvalue weighted by Gasteiger charge is 2.66. The molecule has 0 atom stereocenters. The third-order valence-electron chi connectivity index (χ3n) is 4.45. The fraction of sp³-hybridized carbons (Fsp3) is 0.583. The van der Waals surface area contributed by atoms with Crippen molar-refractivity contribution < 1.29 is 22.7 Å². The third-order valence-corrected chi connectivity index (χ3v) is 6.73. The van der Waals surface area contributed by atoms with Crippen LogP contribution in [0.5, 0.6) is 0 Å². The summed E-state index contributed by atoms with van der Waals surface area (Å²) < 4.78 is 32.0. The molecule has 2 N–H and O–H groups in total. The summed E-state index contributed by atoms with van der Waals surface area (Å²) in [6.45, 7) is 7.92. The molecule has 1 fully saturated rings. The predicted octanol–water partition coefficient (Wildman–Crippen LogP) is 2.45. The number of furan rings is 1. The molecule has 20 heavy (non-hydrogen) atoms. The summed E-state index contributed by atoms with van der Waals surface area (Å²) >= 11 is 2.94. The topological polar surface area (TPSA) is 96.6 Å². The maximum absolute atomic E-state index is 12.3. The molecule has 1 heterocycles. The molecule has 1 saturated carbocycles. The normalized spacial score (nSPS) is 20.9. The first-order valence-corrected chi connectivity index (χ1v) is 8.24. The van der Waals surface area contributed by atoms with Crippen LogP contribution < -0.4 is 4.72 Å². The van der Waals surface area contributed by atoms with Crippen LogP contribution in [0.15, 0.2) is 20.0 Å². The second-order valence-corrected chi connectivity index (χ2v) is 8.45. The lowest BCUT2D eigenvalue weighted by atomic mass is 10.0. The van der Waals surface area contributed by atoms with E-state index in [1.54, 1.807) is 0 Å². The van der Waals surface area contributed by atoms with Crippen molar-refractivity contribution in [3.8, 4) is 0 Å². The lowest BCUT2D eigenvalue weighted by molar-refractivity contribution is 0.0661. The number of hydrogen-bond acceptors (Lipinski definition) is 4. The van der Waals surface area contributed by atoms with Gasteiger partial charge in [-0.3, -0.25) is 0 Å². The monoisotopic (exact) mass is 365 g/mol. The Morgan fingerprint density at radius 1 is 1.35 bits per heavy atom. The third kappa shape index (κ3) is 2.19. The predicted molar refractivity (Wildman–Crippen MR) is 75.0 cm³/mol. The number of aromatic carboxylic acids is 1. The Labute approximate surface area is 125 Å². The van der Waals surface area contributed by atoms with Crippen molar-refractivity contribution >= 4 is 31.9 Å². The first-order chi connectivity index (χ1) is 8.91. The van der Waals surface area contributed by atoms with Gasteiger partial charge in [-0.2, -0.15) is 0 Å². The van der Waals surface area contributed by atoms with Crippen LogP contribution in [0.3, 0.4) is 0 Å². The summed E-state index contributed by atoms with van der Waals surface area (Å²) in [5, 5.41) is 8.82. The molecule has 1 aliphatic rings. The molecular formula is C12H16BrNO5S. The molecule has 6 nitrogen and oxygen atoms in total. The second-order valence-electron chi connectivity index (χ2n) is 6.05. The van der Waals surface area contributed by atoms with Gasteiger partial charge in [0.25, 0.3) is 0 Å². The Hall–Kier alpha value is -0.860. The van der Waals surface area contributed by atoms with Gasteiger partial charge in [0.2, 0.25) is 15.8 Å². The minimum Gasteiger partial charge on any atom is -0.475 e. The molecule has 112 valence electrons. The zero-order valence-electron chi connectivity index (χ0n) is 11.5. The van der Waals surface area contributed by atoms with E-state index in [1.165, 1.54) is 0 Å². The summed E-state index contributed by atoms with van der Waals surface area (Å²) in [4.78, 5) is 10.6. The highest BCUT2D eigenvalue weighted by Crippen LogP contribution is 2.63. The Balaban J connectivity index is 2.31. The van der Waals surface area contributed by atoms with Crippen molar-refractivity contribution in [1.29, 1.82) is 0 Å². The molecule has 0 unspecified atom stereocenters. The van der Waals surface area contributed by atoms with Crippen LogP contribution in [0, 0.1) is 10.8 Å². The highest BCUT2D eigenvalue weighted by atomic mass is 79.9. The van der Waals surface area contributed by atoms with E-state index >= 15 is 0 Å². The van der Waals surface area contributed by atoms with E-state index in [-0.39, 0.29) is 26.4 Å². The van der Waals surface area contributed by atoms with Gasteiger partial charge < -0.3 is 9.52 Å². The van der Waals surface area contributed by atoms with Crippen LogP contribution in [0.25, 0.3) is 0 Å². The van der Waals surface area contributed by atoms with E-state index in [9.17, 15) is 13.2 Å². The Kier molecular flexibility index (Phi) is 3.35. The van der Waals surface area contributed by atoms with Gasteiger partial charge in [0, 0.05) is 12.1 Å². The van der Waals surface area contributed by atoms with E-state index in [0.717, 1.165) is 6.07 Å². The number of sulfonamides is 1. The molecule has 1 aromatic heterocycles. The van der Waals surface area contributed by atoms with Crippen molar-refractivity contribution in [3.05, 3.63) is 16.5 Å². The van der Waals surface area contributed by atoms with Gasteiger partial charge >= 0.3 is 5.97 Å². The zero-order chi connectivity index (χ0) is 15.5. The van der Waals surface area contributed by atoms with Crippen LogP contribution in [-0.4, -0.2) is 25.5 Å². The van der Waals surface area contributed by atoms with Crippen molar-refractivity contribution in [3.63, 3.8) is 0 Å². The van der Waals surface area contributed by atoms with Crippen molar-refractivity contribution in [2.45, 2.75) is 38.6 Å². The van der Waals surface area contributed by atoms with Crippen LogP contribution in [0.2, 0.25) is 0 Å². The van der Waals surface area contributed by atoms with Gasteiger partial charge in [-0.25, -0.2) is 17.9 Å². The molecule has 1 aromatic rings. The van der Waals surface area contributed by atoms with Crippen LogP contribution >= 0.6 is 15.9 Å². The number of carboxylic acids is 1. The Bertz CT molecular complexity index is 660. The largest absolute Gasteiger partial charge is 0.475 e. The Morgan fingerprint density at radius 3 is 2.20 bits per heavy atom. The summed E-state index contributed by atoms with van der Waals surface area (Å²) in [6.07, 6.45) is 0. The number of carbonyl (C=O) groups is 1. The first-order valence-electron chi connectivity index (χ1n) is 5.96.